The van der Waals surface area contributed by atoms with E-state index in [1.165, 1.54) is 25.1 Å². The Bertz CT molecular complexity index is 1040. The van der Waals surface area contributed by atoms with Crippen LogP contribution < -0.4 is 4.72 Å². The van der Waals surface area contributed by atoms with Crippen LogP contribution in [0.3, 0.4) is 0 Å². The SMILES string of the molecule is CC(=O)c1cc(S(=O)(=O)Nc2c(C)cc(C)cc2CCC(O)C2CC2)ccc1O. The van der Waals surface area contributed by atoms with Crippen molar-refractivity contribution in [3.05, 3.63) is 52.6 Å². The summed E-state index contributed by atoms with van der Waals surface area (Å²) < 4.78 is 28.6. The summed E-state index contributed by atoms with van der Waals surface area (Å²) in [6.45, 7) is 5.06. The number of anilines is 1. The van der Waals surface area contributed by atoms with Gasteiger partial charge in [-0.2, -0.15) is 0 Å². The highest BCUT2D eigenvalue weighted by atomic mass is 32.2. The fraction of sp³-hybridized carbons (Fsp3) is 0.409. The number of hydrogen-bond acceptors (Lipinski definition) is 5. The van der Waals surface area contributed by atoms with Crippen molar-refractivity contribution < 1.29 is 23.4 Å². The Balaban J connectivity index is 1.91. The number of ketones is 1. The van der Waals surface area contributed by atoms with Crippen LogP contribution in [0, 0.1) is 19.8 Å². The Kier molecular flexibility index (Phi) is 6.00. The molecule has 1 aliphatic rings. The van der Waals surface area contributed by atoms with E-state index in [0.717, 1.165) is 29.5 Å². The van der Waals surface area contributed by atoms with Crippen molar-refractivity contribution in [1.29, 1.82) is 0 Å². The Morgan fingerprint density at radius 3 is 2.52 bits per heavy atom. The molecule has 1 fully saturated rings. The third kappa shape index (κ3) is 4.97. The van der Waals surface area contributed by atoms with Crippen LogP contribution in [0.4, 0.5) is 5.69 Å². The topological polar surface area (TPSA) is 104 Å². The molecule has 0 saturated heterocycles. The summed E-state index contributed by atoms with van der Waals surface area (Å²) >= 11 is 0. The number of aryl methyl sites for hydroxylation is 3. The Hall–Kier alpha value is -2.38. The lowest BCUT2D eigenvalue weighted by Gasteiger charge is -2.18. The Labute approximate surface area is 171 Å². The molecule has 29 heavy (non-hydrogen) atoms. The van der Waals surface area contributed by atoms with Crippen molar-refractivity contribution in [3.8, 4) is 5.75 Å². The van der Waals surface area contributed by atoms with E-state index in [-0.39, 0.29) is 22.3 Å². The van der Waals surface area contributed by atoms with Crippen LogP contribution in [0.25, 0.3) is 0 Å². The van der Waals surface area contributed by atoms with Crippen molar-refractivity contribution in [2.75, 3.05) is 4.72 Å². The molecule has 2 aromatic carbocycles. The van der Waals surface area contributed by atoms with Gasteiger partial charge in [0.15, 0.2) is 5.78 Å². The normalized spacial score (nSPS) is 15.2. The third-order valence-electron chi connectivity index (χ3n) is 5.33. The number of benzene rings is 2. The van der Waals surface area contributed by atoms with E-state index >= 15 is 0 Å². The van der Waals surface area contributed by atoms with Gasteiger partial charge in [0.2, 0.25) is 0 Å². The van der Waals surface area contributed by atoms with Gasteiger partial charge in [0.1, 0.15) is 5.75 Å². The maximum Gasteiger partial charge on any atom is 0.261 e. The van der Waals surface area contributed by atoms with Crippen molar-refractivity contribution in [2.24, 2.45) is 5.92 Å². The minimum atomic E-state index is -3.96. The van der Waals surface area contributed by atoms with Crippen LogP contribution in [0.2, 0.25) is 0 Å². The Morgan fingerprint density at radius 1 is 1.21 bits per heavy atom. The number of carbonyl (C=O) groups is 1. The van der Waals surface area contributed by atoms with Gasteiger partial charge in [-0.15, -0.1) is 0 Å². The van der Waals surface area contributed by atoms with Gasteiger partial charge in [0.25, 0.3) is 10.0 Å². The van der Waals surface area contributed by atoms with E-state index < -0.39 is 15.8 Å². The van der Waals surface area contributed by atoms with Crippen LogP contribution in [0.5, 0.6) is 5.75 Å². The van der Waals surface area contributed by atoms with E-state index in [0.29, 0.717) is 24.4 Å². The molecule has 0 aromatic heterocycles. The number of rotatable bonds is 8. The fourth-order valence-electron chi connectivity index (χ4n) is 3.58. The lowest BCUT2D eigenvalue weighted by atomic mass is 9.98. The standard InChI is InChI=1S/C22H27NO5S/c1-13-10-14(2)22(17(11-13)6-8-20(25)16-4-5-16)23-29(27,28)18-7-9-21(26)19(12-18)15(3)24/h7,9-12,16,20,23,25-26H,4-6,8H2,1-3H3. The highest BCUT2D eigenvalue weighted by Crippen LogP contribution is 2.35. The second-order valence-corrected chi connectivity index (χ2v) is 9.58. The molecule has 3 rings (SSSR count). The number of phenols is 1. The lowest BCUT2D eigenvalue weighted by molar-refractivity contribution is 0.101. The molecule has 0 heterocycles. The van der Waals surface area contributed by atoms with Crippen LogP contribution in [0.15, 0.2) is 35.2 Å². The minimum absolute atomic E-state index is 0.0405. The molecular formula is C22H27NO5S. The lowest BCUT2D eigenvalue weighted by Crippen LogP contribution is -2.17. The summed E-state index contributed by atoms with van der Waals surface area (Å²) in [5, 5.41) is 20.0. The molecule has 0 amide bonds. The largest absolute Gasteiger partial charge is 0.507 e. The molecule has 0 radical (unpaired) electrons. The van der Waals surface area contributed by atoms with Gasteiger partial charge in [-0.3, -0.25) is 9.52 Å². The second-order valence-electron chi connectivity index (χ2n) is 7.90. The zero-order valence-electron chi connectivity index (χ0n) is 16.9. The molecule has 1 atom stereocenters. The smallest absolute Gasteiger partial charge is 0.261 e. The van der Waals surface area contributed by atoms with Gasteiger partial charge >= 0.3 is 0 Å². The molecule has 3 N–H and O–H groups in total. The molecule has 0 spiro atoms. The van der Waals surface area contributed by atoms with Gasteiger partial charge in [0, 0.05) is 0 Å². The zero-order valence-corrected chi connectivity index (χ0v) is 17.7. The number of carbonyl (C=O) groups excluding carboxylic acids is 1. The van der Waals surface area contributed by atoms with Crippen molar-refractivity contribution >= 4 is 21.5 Å². The maximum absolute atomic E-state index is 13.0. The highest BCUT2D eigenvalue weighted by Gasteiger charge is 2.29. The predicted molar refractivity (Wildman–Crippen MR) is 112 cm³/mol. The summed E-state index contributed by atoms with van der Waals surface area (Å²) in [6.07, 6.45) is 2.87. The number of hydrogen-bond donors (Lipinski definition) is 3. The molecule has 1 saturated carbocycles. The number of aromatic hydroxyl groups is 1. The number of sulfonamides is 1. The van der Waals surface area contributed by atoms with Crippen LogP contribution in [-0.2, 0) is 16.4 Å². The van der Waals surface area contributed by atoms with E-state index in [1.807, 2.05) is 26.0 Å². The molecule has 6 nitrogen and oxygen atoms in total. The van der Waals surface area contributed by atoms with E-state index in [1.54, 1.807) is 0 Å². The zero-order chi connectivity index (χ0) is 21.3. The van der Waals surface area contributed by atoms with Gasteiger partial charge in [-0.05, 0) is 81.7 Å². The van der Waals surface area contributed by atoms with Crippen molar-refractivity contribution in [2.45, 2.75) is 57.5 Å². The summed E-state index contributed by atoms with van der Waals surface area (Å²) in [6, 6.07) is 7.49. The van der Waals surface area contributed by atoms with Crippen molar-refractivity contribution in [3.63, 3.8) is 0 Å². The highest BCUT2D eigenvalue weighted by molar-refractivity contribution is 7.92. The number of aliphatic hydroxyl groups is 1. The minimum Gasteiger partial charge on any atom is -0.507 e. The summed E-state index contributed by atoms with van der Waals surface area (Å²) in [7, 11) is -3.96. The number of phenolic OH excluding ortho intramolecular Hbond substituents is 1. The summed E-state index contributed by atoms with van der Waals surface area (Å²) in [4.78, 5) is 11.6. The molecule has 0 bridgehead atoms. The molecular weight excluding hydrogens is 390 g/mol. The first-order valence-electron chi connectivity index (χ1n) is 9.73. The van der Waals surface area contributed by atoms with Crippen LogP contribution >= 0.6 is 0 Å². The fourth-order valence-corrected chi connectivity index (χ4v) is 4.78. The van der Waals surface area contributed by atoms with E-state index in [2.05, 4.69) is 4.72 Å². The van der Waals surface area contributed by atoms with E-state index in [9.17, 15) is 23.4 Å². The average molecular weight is 418 g/mol. The van der Waals surface area contributed by atoms with Crippen molar-refractivity contribution in [1.82, 2.24) is 0 Å². The monoisotopic (exact) mass is 417 g/mol. The molecule has 2 aromatic rings. The molecule has 1 unspecified atom stereocenters. The summed E-state index contributed by atoms with van der Waals surface area (Å²) in [5.41, 5.74) is 3.09. The number of nitrogens with one attached hydrogen (secondary N) is 1. The molecule has 0 aliphatic heterocycles. The predicted octanol–water partition coefficient (Wildman–Crippen LogP) is 3.72. The maximum atomic E-state index is 13.0. The van der Waals surface area contributed by atoms with Gasteiger partial charge in [-0.25, -0.2) is 8.42 Å². The molecule has 1 aliphatic carbocycles. The summed E-state index contributed by atoms with van der Waals surface area (Å²) in [5.74, 6) is -0.304. The van der Waals surface area contributed by atoms with Gasteiger partial charge in [-0.1, -0.05) is 17.7 Å². The van der Waals surface area contributed by atoms with E-state index in [4.69, 9.17) is 0 Å². The van der Waals surface area contributed by atoms with Gasteiger partial charge < -0.3 is 10.2 Å². The quantitative estimate of drug-likeness (QED) is 0.568. The molecule has 156 valence electrons. The van der Waals surface area contributed by atoms with Crippen LogP contribution in [-0.4, -0.2) is 30.5 Å². The first-order valence-corrected chi connectivity index (χ1v) is 11.2. The van der Waals surface area contributed by atoms with Gasteiger partial charge in [0.05, 0.1) is 22.3 Å². The number of Topliss-reactive ketones (excluding diaryl/α,β-unsaturated/α-hetero) is 1. The first kappa shape index (κ1) is 21.3. The third-order valence-corrected chi connectivity index (χ3v) is 6.68. The first-order chi connectivity index (χ1) is 13.6. The van der Waals surface area contributed by atoms with Crippen LogP contribution in [0.1, 0.15) is 53.2 Å². The second kappa shape index (κ2) is 8.16. The molecule has 7 heteroatoms. The number of aliphatic hydroxyl groups excluding tert-OH is 1. The Morgan fingerprint density at radius 2 is 1.90 bits per heavy atom. The average Bonchev–Trinajstić information content (AvgIpc) is 3.47.